The minimum absolute atomic E-state index is 0.0260. The van der Waals surface area contributed by atoms with Crippen LogP contribution < -0.4 is 15.0 Å². The highest BCUT2D eigenvalue weighted by Gasteiger charge is 2.34. The van der Waals surface area contributed by atoms with Crippen molar-refractivity contribution in [3.8, 4) is 5.75 Å². The molecule has 6 nitrogen and oxygen atoms in total. The van der Waals surface area contributed by atoms with Gasteiger partial charge in [0.1, 0.15) is 11.9 Å². The number of benzene rings is 2. The Bertz CT molecular complexity index is 956. The van der Waals surface area contributed by atoms with E-state index in [1.165, 1.54) is 0 Å². The minimum atomic E-state index is -0.136. The second-order valence-corrected chi connectivity index (χ2v) is 8.43. The topological polar surface area (TPSA) is 61.9 Å². The highest BCUT2D eigenvalue weighted by atomic mass is 35.5. The Hall–Kier alpha value is -2.73. The number of amides is 3. The van der Waals surface area contributed by atoms with E-state index in [4.69, 9.17) is 16.3 Å². The van der Waals surface area contributed by atoms with E-state index in [0.29, 0.717) is 43.2 Å². The Labute approximate surface area is 181 Å². The normalized spacial score (nSPS) is 19.1. The van der Waals surface area contributed by atoms with Crippen LogP contribution in [0, 0.1) is 12.8 Å². The maximum Gasteiger partial charge on any atom is 0.324 e. The largest absolute Gasteiger partial charge is 0.487 e. The molecule has 158 valence electrons. The third-order valence-corrected chi connectivity index (χ3v) is 6.00. The van der Waals surface area contributed by atoms with Crippen molar-refractivity contribution in [3.05, 3.63) is 53.1 Å². The molecule has 1 atom stereocenters. The molecule has 2 aliphatic heterocycles. The summed E-state index contributed by atoms with van der Waals surface area (Å²) in [7, 11) is 0. The van der Waals surface area contributed by atoms with Crippen LogP contribution in [0.4, 0.5) is 16.2 Å². The number of ether oxygens (including phenoxy) is 1. The molecule has 0 bridgehead atoms. The van der Waals surface area contributed by atoms with Gasteiger partial charge in [-0.15, -0.1) is 0 Å². The lowest BCUT2D eigenvalue weighted by Gasteiger charge is -2.39. The first kappa shape index (κ1) is 20.5. The Morgan fingerprint density at radius 3 is 2.60 bits per heavy atom. The summed E-state index contributed by atoms with van der Waals surface area (Å²) in [5.41, 5.74) is 2.52. The molecule has 2 aromatic carbocycles. The molecule has 0 aliphatic carbocycles. The molecule has 2 heterocycles. The molecule has 30 heavy (non-hydrogen) atoms. The zero-order valence-corrected chi connectivity index (χ0v) is 18.0. The summed E-state index contributed by atoms with van der Waals surface area (Å²) >= 11 is 6.14. The molecule has 7 heteroatoms. The number of carbonyl (C=O) groups excluding carboxylic acids is 2. The summed E-state index contributed by atoms with van der Waals surface area (Å²) in [5.74, 6) is 0.557. The van der Waals surface area contributed by atoms with E-state index in [2.05, 4.69) is 5.32 Å². The van der Waals surface area contributed by atoms with E-state index in [0.717, 1.165) is 17.0 Å². The van der Waals surface area contributed by atoms with Gasteiger partial charge in [-0.25, -0.2) is 4.79 Å². The van der Waals surface area contributed by atoms with Crippen LogP contribution in [0.1, 0.15) is 25.3 Å². The van der Waals surface area contributed by atoms with Crippen LogP contribution in [-0.4, -0.2) is 42.6 Å². The lowest BCUT2D eigenvalue weighted by molar-refractivity contribution is -0.121. The van der Waals surface area contributed by atoms with Crippen molar-refractivity contribution in [2.45, 2.75) is 32.8 Å². The number of likely N-dealkylation sites (tertiary alicyclic amines) is 1. The van der Waals surface area contributed by atoms with E-state index in [1.54, 1.807) is 17.0 Å². The molecule has 3 amide bonds. The van der Waals surface area contributed by atoms with Crippen LogP contribution in [0.25, 0.3) is 0 Å². The standard InChI is InChI=1S/C23H26ClN3O3/c1-15-7-8-21-20(13-15)27(14-16(2)30-21)23(29)26-11-9-17(10-12-26)22(28)25-19-6-4-3-5-18(19)24/h3-8,13,16-17H,9-12,14H2,1-2H3,(H,25,28)/t16-/m1/s1. The van der Waals surface area contributed by atoms with Crippen LogP contribution in [0.15, 0.2) is 42.5 Å². The van der Waals surface area contributed by atoms with Crippen molar-refractivity contribution in [1.82, 2.24) is 4.90 Å². The van der Waals surface area contributed by atoms with Crippen LogP contribution in [0.3, 0.4) is 0 Å². The van der Waals surface area contributed by atoms with E-state index >= 15 is 0 Å². The summed E-state index contributed by atoms with van der Waals surface area (Å²) < 4.78 is 5.89. The number of carbonyl (C=O) groups is 2. The highest BCUT2D eigenvalue weighted by molar-refractivity contribution is 6.33. The van der Waals surface area contributed by atoms with Crippen LogP contribution in [-0.2, 0) is 4.79 Å². The average Bonchev–Trinajstić information content (AvgIpc) is 2.74. The number of hydrogen-bond acceptors (Lipinski definition) is 3. The predicted octanol–water partition coefficient (Wildman–Crippen LogP) is 4.71. The molecule has 0 radical (unpaired) electrons. The highest BCUT2D eigenvalue weighted by Crippen LogP contribution is 2.35. The smallest absolute Gasteiger partial charge is 0.324 e. The number of rotatable bonds is 2. The average molecular weight is 428 g/mol. The minimum Gasteiger partial charge on any atom is -0.487 e. The van der Waals surface area contributed by atoms with E-state index in [9.17, 15) is 9.59 Å². The molecule has 1 saturated heterocycles. The fourth-order valence-electron chi connectivity index (χ4n) is 4.03. The van der Waals surface area contributed by atoms with Crippen molar-refractivity contribution in [1.29, 1.82) is 0 Å². The van der Waals surface area contributed by atoms with Gasteiger partial charge >= 0.3 is 6.03 Å². The second kappa shape index (κ2) is 8.56. The molecule has 2 aromatic rings. The van der Waals surface area contributed by atoms with Gasteiger partial charge in [-0.05, 0) is 56.5 Å². The van der Waals surface area contributed by atoms with Crippen molar-refractivity contribution < 1.29 is 14.3 Å². The fourth-order valence-corrected chi connectivity index (χ4v) is 4.21. The first-order valence-electron chi connectivity index (χ1n) is 10.3. The van der Waals surface area contributed by atoms with Gasteiger partial charge in [-0.1, -0.05) is 29.8 Å². The van der Waals surface area contributed by atoms with Gasteiger partial charge in [-0.2, -0.15) is 0 Å². The second-order valence-electron chi connectivity index (χ2n) is 8.02. The van der Waals surface area contributed by atoms with Crippen molar-refractivity contribution in [2.75, 3.05) is 29.9 Å². The maximum absolute atomic E-state index is 13.3. The Morgan fingerprint density at radius 1 is 1.13 bits per heavy atom. The van der Waals surface area contributed by atoms with Gasteiger partial charge in [-0.3, -0.25) is 9.69 Å². The van der Waals surface area contributed by atoms with Gasteiger partial charge in [0.2, 0.25) is 5.91 Å². The number of urea groups is 1. The summed E-state index contributed by atoms with van der Waals surface area (Å²) in [6.45, 7) is 5.58. The van der Waals surface area contributed by atoms with Gasteiger partial charge in [0.05, 0.1) is 22.9 Å². The van der Waals surface area contributed by atoms with Gasteiger partial charge in [0.25, 0.3) is 0 Å². The van der Waals surface area contributed by atoms with Crippen molar-refractivity contribution in [2.24, 2.45) is 5.92 Å². The third-order valence-electron chi connectivity index (χ3n) is 5.67. The summed E-state index contributed by atoms with van der Waals surface area (Å²) in [5, 5.41) is 3.43. The molecule has 1 N–H and O–H groups in total. The molecular weight excluding hydrogens is 402 g/mol. The molecule has 0 unspecified atom stereocenters. The van der Waals surface area contributed by atoms with Gasteiger partial charge in [0.15, 0.2) is 0 Å². The summed E-state index contributed by atoms with van der Waals surface area (Å²) in [6.07, 6.45) is 1.19. The third kappa shape index (κ3) is 4.24. The zero-order valence-electron chi connectivity index (χ0n) is 17.2. The number of anilines is 2. The number of piperidine rings is 1. The lowest BCUT2D eigenvalue weighted by Crippen LogP contribution is -2.51. The number of nitrogens with zero attached hydrogens (tertiary/aromatic N) is 2. The molecule has 0 saturated carbocycles. The number of hydrogen-bond donors (Lipinski definition) is 1. The van der Waals surface area contributed by atoms with Gasteiger partial charge < -0.3 is 15.0 Å². The molecule has 1 fully saturated rings. The quantitative estimate of drug-likeness (QED) is 0.755. The Morgan fingerprint density at radius 2 is 1.87 bits per heavy atom. The molecule has 2 aliphatic rings. The zero-order chi connectivity index (χ0) is 21.3. The first-order valence-corrected chi connectivity index (χ1v) is 10.7. The van der Waals surface area contributed by atoms with Gasteiger partial charge in [0, 0.05) is 19.0 Å². The lowest BCUT2D eigenvalue weighted by atomic mass is 9.96. The fraction of sp³-hybridized carbons (Fsp3) is 0.391. The molecular formula is C23H26ClN3O3. The first-order chi connectivity index (χ1) is 14.4. The SMILES string of the molecule is Cc1ccc2c(c1)N(C(=O)N1CCC(C(=O)Nc3ccccc3Cl)CC1)C[C@@H](C)O2. The Balaban J connectivity index is 1.40. The Kier molecular flexibility index (Phi) is 5.86. The number of halogens is 1. The van der Waals surface area contributed by atoms with Crippen LogP contribution in [0.5, 0.6) is 5.75 Å². The van der Waals surface area contributed by atoms with Crippen molar-refractivity contribution in [3.63, 3.8) is 0 Å². The summed E-state index contributed by atoms with van der Waals surface area (Å²) in [6, 6.07) is 13.1. The van der Waals surface area contributed by atoms with Crippen LogP contribution >= 0.6 is 11.6 Å². The summed E-state index contributed by atoms with van der Waals surface area (Å²) in [4.78, 5) is 29.5. The number of para-hydroxylation sites is 1. The number of nitrogens with one attached hydrogen (secondary N) is 1. The number of aryl methyl sites for hydroxylation is 1. The maximum atomic E-state index is 13.3. The predicted molar refractivity (Wildman–Crippen MR) is 118 cm³/mol. The van der Waals surface area contributed by atoms with E-state index in [1.807, 2.05) is 49.1 Å². The van der Waals surface area contributed by atoms with E-state index in [-0.39, 0.29) is 24.0 Å². The monoisotopic (exact) mass is 427 g/mol. The molecule has 4 rings (SSSR count). The van der Waals surface area contributed by atoms with Crippen molar-refractivity contribution >= 4 is 34.9 Å². The molecule has 0 spiro atoms. The van der Waals surface area contributed by atoms with Crippen LogP contribution in [0.2, 0.25) is 5.02 Å². The van der Waals surface area contributed by atoms with E-state index < -0.39 is 0 Å². The number of fused-ring (bicyclic) bond motifs is 1. The molecule has 0 aromatic heterocycles.